The average Bonchev–Trinajstić information content (AvgIpc) is 2.70. The Bertz CT molecular complexity index is 848. The number of carboxylic acids is 1. The van der Waals surface area contributed by atoms with E-state index in [4.69, 9.17) is 9.52 Å². The highest BCUT2D eigenvalue weighted by Gasteiger charge is 2.24. The van der Waals surface area contributed by atoms with Crippen molar-refractivity contribution in [1.82, 2.24) is 9.29 Å². The van der Waals surface area contributed by atoms with E-state index in [2.05, 4.69) is 4.72 Å². The van der Waals surface area contributed by atoms with Crippen LogP contribution < -0.4 is 10.5 Å². The Morgan fingerprint density at radius 2 is 2.14 bits per heavy atom. The highest BCUT2D eigenvalue weighted by Crippen LogP contribution is 2.18. The minimum atomic E-state index is -4.01. The zero-order valence-electron chi connectivity index (χ0n) is 11.4. The summed E-state index contributed by atoms with van der Waals surface area (Å²) in [5, 5.41) is 8.90. The first kappa shape index (κ1) is 15.3. The number of benzene rings is 1. The molecule has 0 aliphatic rings. The molecule has 0 bridgehead atoms. The molecule has 21 heavy (non-hydrogen) atoms. The van der Waals surface area contributed by atoms with E-state index in [1.54, 1.807) is 6.92 Å². The molecule has 1 aromatic heterocycles. The number of sulfonamides is 1. The normalized spacial score (nSPS) is 13.4. The van der Waals surface area contributed by atoms with Gasteiger partial charge in [0.15, 0.2) is 5.58 Å². The maximum Gasteiger partial charge on any atom is 0.419 e. The molecule has 2 N–H and O–H groups in total. The standard InChI is InChI=1S/C12H14N2O6S/c1-3-8(11(15)16)13-21(18,19)7-4-5-9-10(6-7)20-12(17)14(9)2/h4-6,8,13H,3H2,1-2H3,(H,15,16). The predicted octanol–water partition coefficient (Wildman–Crippen LogP) is 0.273. The van der Waals surface area contributed by atoms with Crippen molar-refractivity contribution in [1.29, 1.82) is 0 Å². The number of aromatic nitrogens is 1. The quantitative estimate of drug-likeness (QED) is 0.818. The van der Waals surface area contributed by atoms with E-state index in [1.807, 2.05) is 0 Å². The second-order valence-electron chi connectivity index (χ2n) is 4.48. The number of rotatable bonds is 5. The summed E-state index contributed by atoms with van der Waals surface area (Å²) in [5.41, 5.74) is 0.568. The minimum absolute atomic E-state index is 0.108. The fraction of sp³-hybridized carbons (Fsp3) is 0.333. The lowest BCUT2D eigenvalue weighted by molar-refractivity contribution is -0.139. The topological polar surface area (TPSA) is 119 Å². The summed E-state index contributed by atoms with van der Waals surface area (Å²) in [6, 6.07) is 2.69. The lowest BCUT2D eigenvalue weighted by Crippen LogP contribution is -2.40. The monoisotopic (exact) mass is 314 g/mol. The molecule has 1 unspecified atom stereocenters. The van der Waals surface area contributed by atoms with Crippen LogP contribution in [-0.4, -0.2) is 30.1 Å². The smallest absolute Gasteiger partial charge is 0.419 e. The molecule has 114 valence electrons. The van der Waals surface area contributed by atoms with Crippen LogP contribution >= 0.6 is 0 Å². The first-order chi connectivity index (χ1) is 9.76. The van der Waals surface area contributed by atoms with Gasteiger partial charge in [-0.2, -0.15) is 4.72 Å². The van der Waals surface area contributed by atoms with Crippen LogP contribution in [-0.2, 0) is 21.9 Å². The summed E-state index contributed by atoms with van der Waals surface area (Å²) in [7, 11) is -2.52. The molecule has 1 aromatic carbocycles. The number of nitrogens with one attached hydrogen (secondary N) is 1. The molecule has 2 aromatic rings. The van der Waals surface area contributed by atoms with Gasteiger partial charge in [-0.3, -0.25) is 9.36 Å². The van der Waals surface area contributed by atoms with Gasteiger partial charge in [0.25, 0.3) is 0 Å². The van der Waals surface area contributed by atoms with Gasteiger partial charge in [0.05, 0.1) is 10.4 Å². The van der Waals surface area contributed by atoms with Crippen molar-refractivity contribution in [3.63, 3.8) is 0 Å². The Morgan fingerprint density at radius 3 is 2.71 bits per heavy atom. The van der Waals surface area contributed by atoms with Gasteiger partial charge in [-0.25, -0.2) is 13.2 Å². The number of aliphatic carboxylic acids is 1. The molecule has 8 nitrogen and oxygen atoms in total. The van der Waals surface area contributed by atoms with Crippen LogP contribution in [0.3, 0.4) is 0 Å². The SMILES string of the molecule is CCC(NS(=O)(=O)c1ccc2c(c1)oc(=O)n2C)C(=O)O. The molecule has 0 aliphatic heterocycles. The van der Waals surface area contributed by atoms with Crippen molar-refractivity contribution in [3.05, 3.63) is 28.7 Å². The minimum Gasteiger partial charge on any atom is -0.480 e. The Labute approximate surface area is 120 Å². The van der Waals surface area contributed by atoms with Crippen molar-refractivity contribution < 1.29 is 22.7 Å². The van der Waals surface area contributed by atoms with Crippen LogP contribution in [0.5, 0.6) is 0 Å². The number of oxazole rings is 1. The summed E-state index contributed by atoms with van der Waals surface area (Å²) < 4.78 is 32.5. The number of hydrogen-bond acceptors (Lipinski definition) is 5. The van der Waals surface area contributed by atoms with E-state index in [-0.39, 0.29) is 16.9 Å². The molecule has 0 fully saturated rings. The largest absolute Gasteiger partial charge is 0.480 e. The summed E-state index contributed by atoms with van der Waals surface area (Å²) in [4.78, 5) is 22.1. The molecule has 0 radical (unpaired) electrons. The first-order valence-corrected chi connectivity index (χ1v) is 7.59. The summed E-state index contributed by atoms with van der Waals surface area (Å²) in [6.45, 7) is 1.56. The van der Waals surface area contributed by atoms with Crippen LogP contribution in [0.4, 0.5) is 0 Å². The van der Waals surface area contributed by atoms with Crippen molar-refractivity contribution in [2.45, 2.75) is 24.3 Å². The maximum atomic E-state index is 12.1. The van der Waals surface area contributed by atoms with Crippen LogP contribution in [0.25, 0.3) is 11.1 Å². The molecule has 0 saturated carbocycles. The Hall–Kier alpha value is -2.13. The third kappa shape index (κ3) is 2.83. The molecule has 0 amide bonds. The number of nitrogens with zero attached hydrogens (tertiary/aromatic N) is 1. The zero-order chi connectivity index (χ0) is 15.8. The number of carbonyl (C=O) groups is 1. The van der Waals surface area contributed by atoms with E-state index in [1.165, 1.54) is 29.8 Å². The molecule has 9 heteroatoms. The second-order valence-corrected chi connectivity index (χ2v) is 6.19. The Balaban J connectivity index is 2.45. The second kappa shape index (κ2) is 5.34. The van der Waals surface area contributed by atoms with Crippen LogP contribution in [0.15, 0.2) is 32.3 Å². The van der Waals surface area contributed by atoms with E-state index in [0.29, 0.717) is 5.52 Å². The molecule has 0 spiro atoms. The zero-order valence-corrected chi connectivity index (χ0v) is 12.2. The van der Waals surface area contributed by atoms with Crippen molar-refractivity contribution in [3.8, 4) is 0 Å². The number of fused-ring (bicyclic) bond motifs is 1. The molecule has 1 heterocycles. The summed E-state index contributed by atoms with van der Waals surface area (Å²) >= 11 is 0. The van der Waals surface area contributed by atoms with E-state index in [9.17, 15) is 18.0 Å². The third-order valence-electron chi connectivity index (χ3n) is 3.08. The van der Waals surface area contributed by atoms with Crippen molar-refractivity contribution in [2.75, 3.05) is 0 Å². The first-order valence-electron chi connectivity index (χ1n) is 6.11. The third-order valence-corrected chi connectivity index (χ3v) is 4.55. The van der Waals surface area contributed by atoms with Crippen LogP contribution in [0.1, 0.15) is 13.3 Å². The van der Waals surface area contributed by atoms with Gasteiger partial charge in [0.2, 0.25) is 10.0 Å². The molecule has 0 saturated heterocycles. The highest BCUT2D eigenvalue weighted by molar-refractivity contribution is 7.89. The van der Waals surface area contributed by atoms with Gasteiger partial charge in [0.1, 0.15) is 6.04 Å². The fourth-order valence-corrected chi connectivity index (χ4v) is 3.13. The lowest BCUT2D eigenvalue weighted by atomic mass is 10.2. The Kier molecular flexibility index (Phi) is 3.88. The molecule has 0 aliphatic carbocycles. The number of aryl methyl sites for hydroxylation is 1. The van der Waals surface area contributed by atoms with E-state index in [0.717, 1.165) is 0 Å². The molecule has 2 rings (SSSR count). The van der Waals surface area contributed by atoms with Gasteiger partial charge in [0, 0.05) is 13.1 Å². The molecule has 1 atom stereocenters. The van der Waals surface area contributed by atoms with Crippen LogP contribution in [0, 0.1) is 0 Å². The Morgan fingerprint density at radius 1 is 1.48 bits per heavy atom. The van der Waals surface area contributed by atoms with E-state index < -0.39 is 27.8 Å². The molecular formula is C12H14N2O6S. The fourth-order valence-electron chi connectivity index (χ4n) is 1.85. The van der Waals surface area contributed by atoms with Gasteiger partial charge < -0.3 is 9.52 Å². The summed E-state index contributed by atoms with van der Waals surface area (Å²) in [6.07, 6.45) is 0.108. The highest BCUT2D eigenvalue weighted by atomic mass is 32.2. The van der Waals surface area contributed by atoms with Crippen LogP contribution in [0.2, 0.25) is 0 Å². The predicted molar refractivity (Wildman–Crippen MR) is 73.5 cm³/mol. The average molecular weight is 314 g/mol. The van der Waals surface area contributed by atoms with Crippen molar-refractivity contribution in [2.24, 2.45) is 7.05 Å². The maximum absolute atomic E-state index is 12.1. The lowest BCUT2D eigenvalue weighted by Gasteiger charge is -2.12. The number of carboxylic acid groups (broad SMARTS) is 1. The van der Waals surface area contributed by atoms with Crippen molar-refractivity contribution >= 4 is 27.1 Å². The summed E-state index contributed by atoms with van der Waals surface area (Å²) in [5.74, 6) is -1.86. The number of hydrogen-bond donors (Lipinski definition) is 2. The van der Waals surface area contributed by atoms with Gasteiger partial charge >= 0.3 is 11.7 Å². The van der Waals surface area contributed by atoms with Gasteiger partial charge in [-0.05, 0) is 18.6 Å². The molecular weight excluding hydrogens is 300 g/mol. The van der Waals surface area contributed by atoms with E-state index >= 15 is 0 Å². The van der Waals surface area contributed by atoms with Gasteiger partial charge in [-0.1, -0.05) is 6.92 Å². The van der Waals surface area contributed by atoms with Gasteiger partial charge in [-0.15, -0.1) is 0 Å².